The van der Waals surface area contributed by atoms with Crippen LogP contribution in [-0.2, 0) is 4.79 Å². The molecule has 1 aliphatic carbocycles. The molecule has 0 bridgehead atoms. The Labute approximate surface area is 56.4 Å². The van der Waals surface area contributed by atoms with Crippen molar-refractivity contribution in [2.75, 3.05) is 0 Å². The first kappa shape index (κ1) is 6.79. The molecule has 1 rings (SSSR count). The van der Waals surface area contributed by atoms with Crippen molar-refractivity contribution in [1.82, 2.24) is 0 Å². The average Bonchev–Trinajstić information content (AvgIpc) is 1.61. The van der Waals surface area contributed by atoms with Gasteiger partial charge >= 0.3 is 0 Å². The van der Waals surface area contributed by atoms with Gasteiger partial charge in [-0.15, -0.1) is 0 Å². The molecule has 2 atom stereocenters. The van der Waals surface area contributed by atoms with Crippen LogP contribution in [0.1, 0.15) is 33.1 Å². The summed E-state index contributed by atoms with van der Waals surface area (Å²) in [4.78, 5) is 10.8. The van der Waals surface area contributed by atoms with Gasteiger partial charge in [0.25, 0.3) is 0 Å². The molecule has 9 heavy (non-hydrogen) atoms. The van der Waals surface area contributed by atoms with E-state index in [4.69, 9.17) is 0 Å². The molecule has 0 aliphatic heterocycles. The van der Waals surface area contributed by atoms with Crippen LogP contribution in [0.3, 0.4) is 0 Å². The second-order valence-electron chi connectivity index (χ2n) is 2.96. The predicted octanol–water partition coefficient (Wildman–Crippen LogP) is 2.01. The molecule has 0 radical (unpaired) electrons. The summed E-state index contributed by atoms with van der Waals surface area (Å²) in [7, 11) is 0. The molecule has 1 saturated carbocycles. The molecule has 0 heterocycles. The quantitative estimate of drug-likeness (QED) is 0.553. The number of rotatable bonds is 2. The summed E-state index contributed by atoms with van der Waals surface area (Å²) >= 11 is 0. The third-order valence-electron chi connectivity index (χ3n) is 2.46. The molecule has 0 aromatic carbocycles. The lowest BCUT2D eigenvalue weighted by atomic mass is 9.70. The molecule has 0 aromatic heterocycles. The van der Waals surface area contributed by atoms with Crippen LogP contribution in [0, 0.1) is 11.8 Å². The second kappa shape index (κ2) is 2.51. The number of hydrogen-bond donors (Lipinski definition) is 0. The Balaban J connectivity index is 2.35. The van der Waals surface area contributed by atoms with E-state index in [-0.39, 0.29) is 0 Å². The van der Waals surface area contributed by atoms with Crippen molar-refractivity contribution in [1.29, 1.82) is 0 Å². The fraction of sp³-hybridized carbons (Fsp3) is 0.875. The summed E-state index contributed by atoms with van der Waals surface area (Å²) in [6.45, 7) is 3.88. The van der Waals surface area contributed by atoms with Gasteiger partial charge in [0, 0.05) is 5.92 Å². The molecular weight excluding hydrogens is 112 g/mol. The highest BCUT2D eigenvalue weighted by Crippen LogP contribution is 2.36. The minimum Gasteiger partial charge on any atom is -0.300 e. The van der Waals surface area contributed by atoms with Gasteiger partial charge in [-0.1, -0.05) is 13.3 Å². The van der Waals surface area contributed by atoms with E-state index in [1.165, 1.54) is 12.8 Å². The first-order valence-electron chi connectivity index (χ1n) is 3.76. The summed E-state index contributed by atoms with van der Waals surface area (Å²) in [6, 6.07) is 0. The molecule has 1 aliphatic rings. The Hall–Kier alpha value is -0.330. The van der Waals surface area contributed by atoms with Gasteiger partial charge in [0.05, 0.1) is 0 Å². The third-order valence-corrected chi connectivity index (χ3v) is 2.46. The van der Waals surface area contributed by atoms with Crippen LogP contribution in [0.2, 0.25) is 0 Å². The average molecular weight is 126 g/mol. The standard InChI is InChI=1S/C8H14O/c1-3-7-4-5-8(7)6(2)9/h7-8H,3-5H2,1-2H3/t7-,8+/m1/s1. The maximum absolute atomic E-state index is 10.8. The highest BCUT2D eigenvalue weighted by Gasteiger charge is 2.32. The largest absolute Gasteiger partial charge is 0.300 e. The van der Waals surface area contributed by atoms with E-state index in [0.717, 1.165) is 12.3 Å². The zero-order valence-electron chi connectivity index (χ0n) is 6.18. The highest BCUT2D eigenvalue weighted by molar-refractivity contribution is 5.79. The van der Waals surface area contributed by atoms with Gasteiger partial charge in [-0.2, -0.15) is 0 Å². The summed E-state index contributed by atoms with van der Waals surface area (Å²) in [5.74, 6) is 1.55. The van der Waals surface area contributed by atoms with Crippen LogP contribution in [0.25, 0.3) is 0 Å². The zero-order valence-corrected chi connectivity index (χ0v) is 6.18. The van der Waals surface area contributed by atoms with E-state index in [2.05, 4.69) is 6.92 Å². The molecule has 0 N–H and O–H groups in total. The minimum absolute atomic E-state index is 0.396. The van der Waals surface area contributed by atoms with Crippen molar-refractivity contribution < 1.29 is 4.79 Å². The molecule has 1 heteroatoms. The summed E-state index contributed by atoms with van der Waals surface area (Å²) in [5.41, 5.74) is 0. The van der Waals surface area contributed by atoms with Gasteiger partial charge in [-0.3, -0.25) is 4.79 Å². The molecular formula is C8H14O. The van der Waals surface area contributed by atoms with Crippen LogP contribution in [0.15, 0.2) is 0 Å². The van der Waals surface area contributed by atoms with Crippen LogP contribution in [0.5, 0.6) is 0 Å². The predicted molar refractivity (Wildman–Crippen MR) is 37.2 cm³/mol. The Morgan fingerprint density at radius 2 is 2.22 bits per heavy atom. The molecule has 52 valence electrons. The van der Waals surface area contributed by atoms with E-state index in [0.29, 0.717) is 11.7 Å². The normalized spacial score (nSPS) is 33.6. The van der Waals surface area contributed by atoms with Gasteiger partial charge in [-0.05, 0) is 25.7 Å². The Kier molecular flexibility index (Phi) is 1.89. The maximum Gasteiger partial charge on any atom is 0.133 e. The van der Waals surface area contributed by atoms with Crippen molar-refractivity contribution in [3.05, 3.63) is 0 Å². The van der Waals surface area contributed by atoms with E-state index in [9.17, 15) is 4.79 Å². The van der Waals surface area contributed by atoms with Crippen molar-refractivity contribution in [3.8, 4) is 0 Å². The second-order valence-corrected chi connectivity index (χ2v) is 2.96. The topological polar surface area (TPSA) is 17.1 Å². The molecule has 0 amide bonds. The summed E-state index contributed by atoms with van der Waals surface area (Å²) in [6.07, 6.45) is 3.61. The van der Waals surface area contributed by atoms with E-state index in [1.807, 2.05) is 0 Å². The molecule has 0 aromatic rings. The zero-order chi connectivity index (χ0) is 6.85. The van der Waals surface area contributed by atoms with Crippen LogP contribution in [0.4, 0.5) is 0 Å². The first-order chi connectivity index (χ1) is 4.25. The van der Waals surface area contributed by atoms with Gasteiger partial charge in [0.15, 0.2) is 0 Å². The summed E-state index contributed by atoms with van der Waals surface area (Å²) in [5, 5.41) is 0. The van der Waals surface area contributed by atoms with E-state index in [1.54, 1.807) is 6.92 Å². The minimum atomic E-state index is 0.396. The number of ketones is 1. The Bertz CT molecular complexity index is 116. The van der Waals surface area contributed by atoms with Gasteiger partial charge < -0.3 is 0 Å². The SMILES string of the molecule is CC[C@@H]1CC[C@H]1C(C)=O. The fourth-order valence-corrected chi connectivity index (χ4v) is 1.59. The van der Waals surface area contributed by atoms with Crippen LogP contribution >= 0.6 is 0 Å². The number of Topliss-reactive ketones (excluding diaryl/α,β-unsaturated/α-hetero) is 1. The third kappa shape index (κ3) is 1.15. The molecule has 1 fully saturated rings. The van der Waals surface area contributed by atoms with Crippen LogP contribution in [-0.4, -0.2) is 5.78 Å². The van der Waals surface area contributed by atoms with Gasteiger partial charge in [0.1, 0.15) is 5.78 Å². The molecule has 0 spiro atoms. The Morgan fingerprint density at radius 1 is 1.56 bits per heavy atom. The smallest absolute Gasteiger partial charge is 0.133 e. The molecule has 0 unspecified atom stereocenters. The maximum atomic E-state index is 10.8. The van der Waals surface area contributed by atoms with Crippen molar-refractivity contribution in [3.63, 3.8) is 0 Å². The van der Waals surface area contributed by atoms with Crippen molar-refractivity contribution >= 4 is 5.78 Å². The fourth-order valence-electron chi connectivity index (χ4n) is 1.59. The lowest BCUT2D eigenvalue weighted by molar-refractivity contribution is -0.125. The van der Waals surface area contributed by atoms with Crippen LogP contribution < -0.4 is 0 Å². The van der Waals surface area contributed by atoms with E-state index < -0.39 is 0 Å². The summed E-state index contributed by atoms with van der Waals surface area (Å²) < 4.78 is 0. The molecule has 0 saturated heterocycles. The lowest BCUT2D eigenvalue weighted by Crippen LogP contribution is -2.30. The highest BCUT2D eigenvalue weighted by atomic mass is 16.1. The lowest BCUT2D eigenvalue weighted by Gasteiger charge is -2.33. The van der Waals surface area contributed by atoms with Gasteiger partial charge in [-0.25, -0.2) is 0 Å². The first-order valence-corrected chi connectivity index (χ1v) is 3.76. The Morgan fingerprint density at radius 3 is 2.33 bits per heavy atom. The van der Waals surface area contributed by atoms with Crippen molar-refractivity contribution in [2.24, 2.45) is 11.8 Å². The number of carbonyl (C=O) groups excluding carboxylic acids is 1. The number of carbonyl (C=O) groups is 1. The van der Waals surface area contributed by atoms with Crippen molar-refractivity contribution in [2.45, 2.75) is 33.1 Å². The number of hydrogen-bond acceptors (Lipinski definition) is 1. The molecule has 1 nitrogen and oxygen atoms in total. The monoisotopic (exact) mass is 126 g/mol. The van der Waals surface area contributed by atoms with Gasteiger partial charge in [0.2, 0.25) is 0 Å². The van der Waals surface area contributed by atoms with E-state index >= 15 is 0 Å².